The highest BCUT2D eigenvalue weighted by molar-refractivity contribution is 7.19. The molecule has 36 heavy (non-hydrogen) atoms. The lowest BCUT2D eigenvalue weighted by Gasteiger charge is -2.27. The van der Waals surface area contributed by atoms with Crippen LogP contribution in [0.3, 0.4) is 0 Å². The molecule has 2 aromatic heterocycles. The highest BCUT2D eigenvalue weighted by atomic mass is 35.5. The van der Waals surface area contributed by atoms with E-state index in [9.17, 15) is 4.79 Å². The summed E-state index contributed by atoms with van der Waals surface area (Å²) in [5, 5.41) is 4.50. The standard InChI is InChI=1S/C28H28ClN3O3S/c1-17(33)30-14-21-27(29)25(19-9-10-22(34-2)23(13-19)35-3)26-20-11-12-32(15-18-7-5-4-6-8-18)16-24(20)36-28(26)31-21/h4-10,13H,11-12,14-16H2,1-3H3,(H,30,33). The molecule has 0 spiro atoms. The number of benzene rings is 2. The molecule has 0 saturated heterocycles. The molecule has 4 aromatic rings. The number of pyridine rings is 1. The molecule has 186 valence electrons. The minimum absolute atomic E-state index is 0.123. The van der Waals surface area contributed by atoms with Crippen LogP contribution in [0.4, 0.5) is 0 Å². The van der Waals surface area contributed by atoms with Crippen LogP contribution in [0, 0.1) is 0 Å². The lowest BCUT2D eigenvalue weighted by Crippen LogP contribution is -2.29. The number of thiophene rings is 1. The Bertz CT molecular complexity index is 1420. The minimum Gasteiger partial charge on any atom is -0.493 e. The normalized spacial score (nSPS) is 13.4. The van der Waals surface area contributed by atoms with Gasteiger partial charge in [-0.15, -0.1) is 11.3 Å². The smallest absolute Gasteiger partial charge is 0.217 e. The van der Waals surface area contributed by atoms with Crippen molar-refractivity contribution >= 4 is 39.1 Å². The fraction of sp³-hybridized carbons (Fsp3) is 0.286. The SMILES string of the molecule is COc1ccc(-c2c(Cl)c(CNC(C)=O)nc3sc4c(c23)CCN(Cc2ccccc2)C4)cc1OC. The van der Waals surface area contributed by atoms with Gasteiger partial charge in [0.25, 0.3) is 0 Å². The Labute approximate surface area is 219 Å². The van der Waals surface area contributed by atoms with Crippen molar-refractivity contribution in [2.24, 2.45) is 0 Å². The summed E-state index contributed by atoms with van der Waals surface area (Å²) in [6.45, 7) is 4.51. The second kappa shape index (κ2) is 10.5. The van der Waals surface area contributed by atoms with Crippen molar-refractivity contribution in [1.29, 1.82) is 0 Å². The molecular weight excluding hydrogens is 494 g/mol. The number of aromatic nitrogens is 1. The number of nitrogens with zero attached hydrogens (tertiary/aromatic N) is 2. The van der Waals surface area contributed by atoms with Gasteiger partial charge in [-0.3, -0.25) is 9.69 Å². The van der Waals surface area contributed by atoms with Crippen molar-refractivity contribution < 1.29 is 14.3 Å². The third kappa shape index (κ3) is 4.78. The molecule has 8 heteroatoms. The largest absolute Gasteiger partial charge is 0.493 e. The van der Waals surface area contributed by atoms with Gasteiger partial charge in [0.2, 0.25) is 5.91 Å². The van der Waals surface area contributed by atoms with E-state index in [-0.39, 0.29) is 12.5 Å². The average molecular weight is 522 g/mol. The van der Waals surface area contributed by atoms with E-state index >= 15 is 0 Å². The minimum atomic E-state index is -0.123. The van der Waals surface area contributed by atoms with Gasteiger partial charge in [-0.2, -0.15) is 0 Å². The first kappa shape index (κ1) is 24.6. The van der Waals surface area contributed by atoms with Crippen LogP contribution in [0.15, 0.2) is 48.5 Å². The van der Waals surface area contributed by atoms with Crippen molar-refractivity contribution in [1.82, 2.24) is 15.2 Å². The first-order valence-electron chi connectivity index (χ1n) is 11.8. The topological polar surface area (TPSA) is 63.7 Å². The Morgan fingerprint density at radius 2 is 1.92 bits per heavy atom. The Hall–Kier alpha value is -3.13. The number of hydrogen-bond donors (Lipinski definition) is 1. The summed E-state index contributed by atoms with van der Waals surface area (Å²) in [5.41, 5.74) is 5.14. The summed E-state index contributed by atoms with van der Waals surface area (Å²) < 4.78 is 11.0. The molecule has 0 unspecified atom stereocenters. The van der Waals surface area contributed by atoms with Gasteiger partial charge in [0.15, 0.2) is 11.5 Å². The van der Waals surface area contributed by atoms with Gasteiger partial charge in [-0.05, 0) is 35.2 Å². The lowest BCUT2D eigenvalue weighted by atomic mass is 9.95. The fourth-order valence-electron chi connectivity index (χ4n) is 4.77. The van der Waals surface area contributed by atoms with Gasteiger partial charge in [-0.25, -0.2) is 4.98 Å². The van der Waals surface area contributed by atoms with Crippen molar-refractivity contribution in [2.45, 2.75) is 33.0 Å². The Morgan fingerprint density at radius 3 is 2.64 bits per heavy atom. The van der Waals surface area contributed by atoms with Gasteiger partial charge < -0.3 is 14.8 Å². The lowest BCUT2D eigenvalue weighted by molar-refractivity contribution is -0.119. The molecule has 0 bridgehead atoms. The molecule has 1 N–H and O–H groups in total. The molecule has 0 aliphatic carbocycles. The zero-order valence-corrected chi connectivity index (χ0v) is 22.1. The Morgan fingerprint density at radius 1 is 1.14 bits per heavy atom. The number of nitrogens with one attached hydrogen (secondary N) is 1. The number of halogens is 1. The maximum atomic E-state index is 11.6. The summed E-state index contributed by atoms with van der Waals surface area (Å²) in [6.07, 6.45) is 0.922. The fourth-order valence-corrected chi connectivity index (χ4v) is 6.37. The number of amides is 1. The van der Waals surface area contributed by atoms with Crippen molar-refractivity contribution in [3.8, 4) is 22.6 Å². The van der Waals surface area contributed by atoms with Crippen LogP contribution in [0.2, 0.25) is 5.02 Å². The van der Waals surface area contributed by atoms with Gasteiger partial charge in [-0.1, -0.05) is 48.0 Å². The van der Waals surface area contributed by atoms with Gasteiger partial charge in [0.1, 0.15) is 4.83 Å². The summed E-state index contributed by atoms with van der Waals surface area (Å²) in [5.74, 6) is 1.17. The van der Waals surface area contributed by atoms with E-state index < -0.39 is 0 Å². The monoisotopic (exact) mass is 521 g/mol. The first-order valence-corrected chi connectivity index (χ1v) is 13.0. The van der Waals surface area contributed by atoms with Crippen molar-refractivity contribution in [2.75, 3.05) is 20.8 Å². The second-order valence-electron chi connectivity index (χ2n) is 8.86. The second-order valence-corrected chi connectivity index (χ2v) is 10.3. The number of ether oxygens (including phenoxy) is 2. The zero-order chi connectivity index (χ0) is 25.2. The molecule has 0 saturated carbocycles. The Kier molecular flexibility index (Phi) is 7.14. The molecule has 3 heterocycles. The zero-order valence-electron chi connectivity index (χ0n) is 20.6. The van der Waals surface area contributed by atoms with Gasteiger partial charge in [0, 0.05) is 42.4 Å². The number of carbonyl (C=O) groups is 1. The van der Waals surface area contributed by atoms with Crippen LogP contribution >= 0.6 is 22.9 Å². The molecular formula is C28H28ClN3O3S. The van der Waals surface area contributed by atoms with Crippen molar-refractivity contribution in [3.63, 3.8) is 0 Å². The molecule has 5 rings (SSSR count). The van der Waals surface area contributed by atoms with Crippen LogP contribution in [-0.4, -0.2) is 36.6 Å². The van der Waals surface area contributed by atoms with Gasteiger partial charge >= 0.3 is 0 Å². The van der Waals surface area contributed by atoms with E-state index in [4.69, 9.17) is 26.1 Å². The third-order valence-corrected chi connectivity index (χ3v) is 8.02. The van der Waals surface area contributed by atoms with Crippen LogP contribution < -0.4 is 14.8 Å². The average Bonchev–Trinajstić information content (AvgIpc) is 3.24. The summed E-state index contributed by atoms with van der Waals surface area (Å²) in [7, 11) is 3.25. The number of fused-ring (bicyclic) bond motifs is 3. The van der Waals surface area contributed by atoms with Crippen LogP contribution in [-0.2, 0) is 30.8 Å². The Balaban J connectivity index is 1.62. The predicted molar refractivity (Wildman–Crippen MR) is 145 cm³/mol. The molecule has 2 aromatic carbocycles. The molecule has 1 aliphatic heterocycles. The molecule has 0 radical (unpaired) electrons. The van der Waals surface area contributed by atoms with E-state index in [1.54, 1.807) is 25.6 Å². The van der Waals surface area contributed by atoms with Crippen molar-refractivity contribution in [3.05, 3.63) is 75.3 Å². The number of methoxy groups -OCH3 is 2. The first-order chi connectivity index (χ1) is 17.5. The molecule has 1 amide bonds. The summed E-state index contributed by atoms with van der Waals surface area (Å²) in [6, 6.07) is 16.4. The van der Waals surface area contributed by atoms with Crippen LogP contribution in [0.1, 0.15) is 28.6 Å². The number of carbonyl (C=O) groups excluding carboxylic acids is 1. The summed E-state index contributed by atoms with van der Waals surface area (Å²) in [4.78, 5) is 21.3. The van der Waals surface area contributed by atoms with Crippen LogP contribution in [0.5, 0.6) is 11.5 Å². The predicted octanol–water partition coefficient (Wildman–Crippen LogP) is 5.83. The third-order valence-electron chi connectivity index (χ3n) is 6.50. The molecule has 0 fully saturated rings. The van der Waals surface area contributed by atoms with E-state index in [0.29, 0.717) is 22.2 Å². The summed E-state index contributed by atoms with van der Waals surface area (Å²) >= 11 is 8.74. The maximum absolute atomic E-state index is 11.6. The molecule has 1 aliphatic rings. The maximum Gasteiger partial charge on any atom is 0.217 e. The van der Waals surface area contributed by atoms with E-state index in [1.807, 2.05) is 24.3 Å². The quantitative estimate of drug-likeness (QED) is 0.331. The highest BCUT2D eigenvalue weighted by Crippen LogP contribution is 2.45. The van der Waals surface area contributed by atoms with Gasteiger partial charge in [0.05, 0.1) is 31.5 Å². The number of rotatable bonds is 7. The van der Waals surface area contributed by atoms with E-state index in [1.165, 1.54) is 22.9 Å². The molecule has 0 atom stereocenters. The number of hydrogen-bond acceptors (Lipinski definition) is 6. The highest BCUT2D eigenvalue weighted by Gasteiger charge is 2.27. The molecule has 6 nitrogen and oxygen atoms in total. The van der Waals surface area contributed by atoms with E-state index in [0.717, 1.165) is 47.4 Å². The van der Waals surface area contributed by atoms with Crippen LogP contribution in [0.25, 0.3) is 21.3 Å². The van der Waals surface area contributed by atoms with E-state index in [2.05, 4.69) is 34.5 Å².